The third-order valence-electron chi connectivity index (χ3n) is 3.49. The Bertz CT molecular complexity index is 627. The molecule has 20 heavy (non-hydrogen) atoms. The third-order valence-corrected chi connectivity index (χ3v) is 3.49. The van der Waals surface area contributed by atoms with E-state index in [2.05, 4.69) is 10.3 Å². The smallest absolute Gasteiger partial charge is 0.423 e. The third kappa shape index (κ3) is 2.35. The molecule has 1 aromatic carbocycles. The lowest BCUT2D eigenvalue weighted by Gasteiger charge is -2.25. The molecule has 0 bridgehead atoms. The number of hydrogen-bond donors (Lipinski definition) is 3. The first-order chi connectivity index (χ1) is 9.65. The zero-order chi connectivity index (χ0) is 14.1. The van der Waals surface area contributed by atoms with Gasteiger partial charge in [0.25, 0.3) is 5.91 Å². The molecule has 1 amide bonds. The van der Waals surface area contributed by atoms with Crippen molar-refractivity contribution in [3.05, 3.63) is 47.8 Å². The molecule has 0 radical (unpaired) electrons. The first kappa shape index (κ1) is 13.0. The van der Waals surface area contributed by atoms with Crippen molar-refractivity contribution in [1.29, 1.82) is 0 Å². The molecule has 2 heterocycles. The number of aromatic amines is 1. The second-order valence-electron chi connectivity index (χ2n) is 4.97. The predicted molar refractivity (Wildman–Crippen MR) is 77.2 cm³/mol. The van der Waals surface area contributed by atoms with E-state index in [1.165, 1.54) is 0 Å². The molecule has 1 atom stereocenters. The van der Waals surface area contributed by atoms with Crippen LogP contribution in [-0.2, 0) is 4.65 Å². The fourth-order valence-corrected chi connectivity index (χ4v) is 2.40. The lowest BCUT2D eigenvalue weighted by atomic mass is 9.71. The van der Waals surface area contributed by atoms with Gasteiger partial charge < -0.3 is 20.0 Å². The van der Waals surface area contributed by atoms with Gasteiger partial charge in [0.1, 0.15) is 5.69 Å². The lowest BCUT2D eigenvalue weighted by Crippen LogP contribution is -2.42. The van der Waals surface area contributed by atoms with Crippen molar-refractivity contribution in [2.75, 3.05) is 11.9 Å². The summed E-state index contributed by atoms with van der Waals surface area (Å²) in [6.45, 7) is 2.55. The Kier molecular flexibility index (Phi) is 3.34. The summed E-state index contributed by atoms with van der Waals surface area (Å²) in [6.07, 6.45) is 1.70. The summed E-state index contributed by atoms with van der Waals surface area (Å²) in [5, 5.41) is 12.7. The van der Waals surface area contributed by atoms with Gasteiger partial charge >= 0.3 is 7.12 Å². The monoisotopic (exact) mass is 270 g/mol. The molecule has 2 aromatic rings. The molecule has 1 aliphatic heterocycles. The molecule has 1 aromatic heterocycles. The maximum Gasteiger partial charge on any atom is 0.491 e. The number of amides is 1. The zero-order valence-electron chi connectivity index (χ0n) is 11.1. The van der Waals surface area contributed by atoms with Gasteiger partial charge in [-0.05, 0) is 35.3 Å². The standard InChI is InChI=1S/C14H15BN2O3/c1-9-8-20-15(19)12-7-10(4-5-11(9)12)17-14(18)13-3-2-6-16-13/h2-7,9,16,19H,8H2,1H3,(H,17,18). The molecule has 6 heteroatoms. The molecule has 5 nitrogen and oxygen atoms in total. The van der Waals surface area contributed by atoms with Crippen LogP contribution in [0, 0.1) is 0 Å². The molecule has 0 fully saturated rings. The van der Waals surface area contributed by atoms with E-state index in [9.17, 15) is 9.82 Å². The maximum atomic E-state index is 12.0. The van der Waals surface area contributed by atoms with Crippen LogP contribution in [0.15, 0.2) is 36.5 Å². The van der Waals surface area contributed by atoms with E-state index in [4.69, 9.17) is 4.65 Å². The van der Waals surface area contributed by atoms with Gasteiger partial charge in [-0.3, -0.25) is 4.79 Å². The van der Waals surface area contributed by atoms with E-state index in [-0.39, 0.29) is 11.8 Å². The van der Waals surface area contributed by atoms with Gasteiger partial charge in [-0.1, -0.05) is 13.0 Å². The normalized spacial score (nSPS) is 17.7. The van der Waals surface area contributed by atoms with Crippen LogP contribution in [0.1, 0.15) is 28.9 Å². The molecule has 3 N–H and O–H groups in total. The van der Waals surface area contributed by atoms with Crippen LogP contribution in [0.2, 0.25) is 0 Å². The molecule has 1 aliphatic rings. The van der Waals surface area contributed by atoms with Gasteiger partial charge in [-0.25, -0.2) is 0 Å². The summed E-state index contributed by atoms with van der Waals surface area (Å²) in [7, 11) is -0.927. The van der Waals surface area contributed by atoms with Crippen molar-refractivity contribution < 1.29 is 14.5 Å². The van der Waals surface area contributed by atoms with E-state index in [1.807, 2.05) is 19.1 Å². The number of fused-ring (bicyclic) bond motifs is 1. The predicted octanol–water partition coefficient (Wildman–Crippen LogP) is 1.09. The molecule has 102 valence electrons. The second kappa shape index (κ2) is 5.15. The number of hydrogen-bond acceptors (Lipinski definition) is 3. The van der Waals surface area contributed by atoms with Crippen LogP contribution in [0.25, 0.3) is 0 Å². The van der Waals surface area contributed by atoms with Gasteiger partial charge in [0.05, 0.1) is 0 Å². The van der Waals surface area contributed by atoms with Gasteiger partial charge in [0.15, 0.2) is 0 Å². The average Bonchev–Trinajstić information content (AvgIpc) is 2.97. The maximum absolute atomic E-state index is 12.0. The van der Waals surface area contributed by atoms with Crippen molar-refractivity contribution in [3.8, 4) is 0 Å². The summed E-state index contributed by atoms with van der Waals surface area (Å²) in [4.78, 5) is 14.8. The highest BCUT2D eigenvalue weighted by Gasteiger charge is 2.29. The first-order valence-corrected chi connectivity index (χ1v) is 6.53. The van der Waals surface area contributed by atoms with E-state index >= 15 is 0 Å². The minimum atomic E-state index is -0.927. The van der Waals surface area contributed by atoms with E-state index in [0.29, 0.717) is 23.5 Å². The molecule has 1 unspecified atom stereocenters. The second-order valence-corrected chi connectivity index (χ2v) is 4.97. The Morgan fingerprint density at radius 1 is 1.50 bits per heavy atom. The summed E-state index contributed by atoms with van der Waals surface area (Å²) in [5.41, 5.74) is 2.91. The number of aromatic nitrogens is 1. The van der Waals surface area contributed by atoms with E-state index in [0.717, 1.165) is 5.56 Å². The van der Waals surface area contributed by atoms with Gasteiger partial charge in [0.2, 0.25) is 0 Å². The molecule has 3 rings (SSSR count). The minimum Gasteiger partial charge on any atom is -0.423 e. The average molecular weight is 270 g/mol. The summed E-state index contributed by atoms with van der Waals surface area (Å²) < 4.78 is 5.29. The Morgan fingerprint density at radius 2 is 2.35 bits per heavy atom. The van der Waals surface area contributed by atoms with Crippen molar-refractivity contribution in [2.24, 2.45) is 0 Å². The van der Waals surface area contributed by atoms with Crippen molar-refractivity contribution in [3.63, 3.8) is 0 Å². The Balaban J connectivity index is 1.85. The number of rotatable bonds is 2. The Morgan fingerprint density at radius 3 is 3.10 bits per heavy atom. The quantitative estimate of drug-likeness (QED) is 0.715. The number of carbonyl (C=O) groups is 1. The Hall–Kier alpha value is -2.05. The minimum absolute atomic E-state index is 0.214. The van der Waals surface area contributed by atoms with Crippen LogP contribution in [0.4, 0.5) is 5.69 Å². The number of anilines is 1. The van der Waals surface area contributed by atoms with Crippen LogP contribution < -0.4 is 10.8 Å². The summed E-state index contributed by atoms with van der Waals surface area (Å²) >= 11 is 0. The van der Waals surface area contributed by atoms with Crippen molar-refractivity contribution in [2.45, 2.75) is 12.8 Å². The highest BCUT2D eigenvalue weighted by molar-refractivity contribution is 6.61. The zero-order valence-corrected chi connectivity index (χ0v) is 11.1. The molecule has 0 saturated carbocycles. The molecular weight excluding hydrogens is 255 g/mol. The number of benzene rings is 1. The fourth-order valence-electron chi connectivity index (χ4n) is 2.40. The van der Waals surface area contributed by atoms with E-state index in [1.54, 1.807) is 24.4 Å². The van der Waals surface area contributed by atoms with E-state index < -0.39 is 7.12 Å². The van der Waals surface area contributed by atoms with Gasteiger partial charge in [0, 0.05) is 24.4 Å². The van der Waals surface area contributed by atoms with Crippen LogP contribution in [0.5, 0.6) is 0 Å². The topological polar surface area (TPSA) is 74.3 Å². The number of H-pyrrole nitrogens is 1. The largest absolute Gasteiger partial charge is 0.491 e. The molecule has 0 saturated heterocycles. The van der Waals surface area contributed by atoms with Crippen LogP contribution in [0.3, 0.4) is 0 Å². The first-order valence-electron chi connectivity index (χ1n) is 6.53. The molecule has 0 aliphatic carbocycles. The van der Waals surface area contributed by atoms with Crippen LogP contribution in [-0.4, -0.2) is 29.6 Å². The summed E-state index contributed by atoms with van der Waals surface area (Å²) in [6, 6.07) is 9.00. The Labute approximate surface area is 117 Å². The van der Waals surface area contributed by atoms with Crippen molar-refractivity contribution in [1.82, 2.24) is 4.98 Å². The molecular formula is C14H15BN2O3. The van der Waals surface area contributed by atoms with Crippen molar-refractivity contribution >= 4 is 24.2 Å². The van der Waals surface area contributed by atoms with Gasteiger partial charge in [-0.2, -0.15) is 0 Å². The summed E-state index contributed by atoms with van der Waals surface area (Å²) in [5.74, 6) is 0.0239. The van der Waals surface area contributed by atoms with Crippen LogP contribution >= 0.6 is 0 Å². The highest BCUT2D eigenvalue weighted by Crippen LogP contribution is 2.21. The fraction of sp³-hybridized carbons (Fsp3) is 0.214. The van der Waals surface area contributed by atoms with Gasteiger partial charge in [-0.15, -0.1) is 0 Å². The molecule has 0 spiro atoms. The number of carbonyl (C=O) groups excluding carboxylic acids is 1. The SMILES string of the molecule is CC1COB(O)c2cc(NC(=O)c3ccc[nH]3)ccc21. The number of nitrogens with one attached hydrogen (secondary N) is 2. The highest BCUT2D eigenvalue weighted by atomic mass is 16.5. The lowest BCUT2D eigenvalue weighted by molar-refractivity contribution is 0.102.